The molecule has 2 heterocycles. The average molecular weight is 343 g/mol. The highest BCUT2D eigenvalue weighted by Crippen LogP contribution is 2.27. The van der Waals surface area contributed by atoms with Crippen LogP contribution in [0.4, 0.5) is 5.69 Å². The normalized spacial score (nSPS) is 16.1. The van der Waals surface area contributed by atoms with Gasteiger partial charge in [0.25, 0.3) is 5.91 Å². The molecule has 1 aliphatic heterocycles. The molecule has 1 aromatic carbocycles. The highest BCUT2D eigenvalue weighted by Gasteiger charge is 2.24. The Morgan fingerprint density at radius 3 is 2.50 bits per heavy atom. The second kappa shape index (κ2) is 7.81. The molecule has 1 fully saturated rings. The van der Waals surface area contributed by atoms with E-state index in [2.05, 4.69) is 27.7 Å². The van der Waals surface area contributed by atoms with E-state index >= 15 is 0 Å². The van der Waals surface area contributed by atoms with E-state index in [1.807, 2.05) is 43.3 Å². The lowest BCUT2D eigenvalue weighted by Gasteiger charge is -2.27. The molecule has 1 amide bonds. The van der Waals surface area contributed by atoms with Crippen LogP contribution in [-0.2, 0) is 0 Å². The van der Waals surface area contributed by atoms with Gasteiger partial charge in [-0.1, -0.05) is 6.07 Å². The van der Waals surface area contributed by atoms with Crippen molar-refractivity contribution in [3.05, 3.63) is 52.2 Å². The highest BCUT2D eigenvalue weighted by atomic mass is 32.1. The zero-order chi connectivity index (χ0) is 16.9. The van der Waals surface area contributed by atoms with Crippen molar-refractivity contribution in [2.24, 2.45) is 0 Å². The summed E-state index contributed by atoms with van der Waals surface area (Å²) in [6.45, 7) is 2.90. The smallest absolute Gasteiger partial charge is 0.251 e. The Bertz CT molecular complexity index is 646. The Morgan fingerprint density at radius 1 is 1.21 bits per heavy atom. The van der Waals surface area contributed by atoms with E-state index in [4.69, 9.17) is 0 Å². The van der Waals surface area contributed by atoms with E-state index < -0.39 is 0 Å². The summed E-state index contributed by atoms with van der Waals surface area (Å²) in [4.78, 5) is 18.3. The van der Waals surface area contributed by atoms with E-state index in [0.29, 0.717) is 12.1 Å². The average Bonchev–Trinajstić information content (AvgIpc) is 3.29. The first-order chi connectivity index (χ1) is 11.6. The summed E-state index contributed by atoms with van der Waals surface area (Å²) in [5.41, 5.74) is 1.81. The number of hydrogen-bond acceptors (Lipinski definition) is 4. The Labute approximate surface area is 148 Å². The Morgan fingerprint density at radius 2 is 1.92 bits per heavy atom. The predicted octanol–water partition coefficient (Wildman–Crippen LogP) is 3.38. The molecule has 5 heteroatoms. The third kappa shape index (κ3) is 3.97. The first-order valence-electron chi connectivity index (χ1n) is 8.48. The maximum absolute atomic E-state index is 12.5. The first kappa shape index (κ1) is 17.0. The third-order valence-electron chi connectivity index (χ3n) is 4.55. The molecule has 3 rings (SSSR count). The van der Waals surface area contributed by atoms with Crippen molar-refractivity contribution in [2.45, 2.75) is 18.9 Å². The van der Waals surface area contributed by atoms with Crippen molar-refractivity contribution < 1.29 is 4.79 Å². The summed E-state index contributed by atoms with van der Waals surface area (Å²) >= 11 is 1.77. The highest BCUT2D eigenvalue weighted by molar-refractivity contribution is 7.10. The molecule has 1 saturated heterocycles. The minimum absolute atomic E-state index is 0.000981. The van der Waals surface area contributed by atoms with Crippen LogP contribution in [0.1, 0.15) is 34.1 Å². The molecule has 0 bridgehead atoms. The molecule has 24 heavy (non-hydrogen) atoms. The Hall–Kier alpha value is -1.85. The Kier molecular flexibility index (Phi) is 5.53. The molecule has 0 radical (unpaired) electrons. The van der Waals surface area contributed by atoms with Crippen molar-refractivity contribution in [1.82, 2.24) is 10.2 Å². The zero-order valence-electron chi connectivity index (χ0n) is 14.4. The summed E-state index contributed by atoms with van der Waals surface area (Å²) in [5.74, 6) is 0.000981. The standard InChI is InChI=1S/C19H25N3OS/c1-21(2)16-9-7-15(8-10-16)19(23)20-14-17(18-6-5-13-24-18)22-11-3-4-12-22/h5-10,13,17H,3-4,11-12,14H2,1-2H3,(H,20,23). The van der Waals surface area contributed by atoms with Gasteiger partial charge in [0.1, 0.15) is 0 Å². The van der Waals surface area contributed by atoms with Gasteiger partial charge in [0.2, 0.25) is 0 Å². The van der Waals surface area contributed by atoms with Gasteiger partial charge in [-0.05, 0) is 61.6 Å². The number of nitrogens with zero attached hydrogens (tertiary/aromatic N) is 2. The first-order valence-corrected chi connectivity index (χ1v) is 9.36. The SMILES string of the molecule is CN(C)c1ccc(C(=O)NCC(c2cccs2)N2CCCC2)cc1. The quantitative estimate of drug-likeness (QED) is 0.873. The number of thiophene rings is 1. The van der Waals surface area contributed by atoms with Crippen molar-refractivity contribution >= 4 is 22.9 Å². The number of anilines is 1. The second-order valence-corrected chi connectivity index (χ2v) is 7.40. The van der Waals surface area contributed by atoms with Crippen LogP contribution in [-0.4, -0.2) is 44.5 Å². The van der Waals surface area contributed by atoms with Gasteiger partial charge < -0.3 is 10.2 Å². The molecule has 1 aromatic heterocycles. The lowest BCUT2D eigenvalue weighted by atomic mass is 10.1. The number of likely N-dealkylation sites (tertiary alicyclic amines) is 1. The Balaban J connectivity index is 1.64. The molecule has 2 aromatic rings. The fourth-order valence-corrected chi connectivity index (χ4v) is 4.01. The van der Waals surface area contributed by atoms with Crippen molar-refractivity contribution in [3.8, 4) is 0 Å². The number of rotatable bonds is 6. The van der Waals surface area contributed by atoms with E-state index in [1.54, 1.807) is 11.3 Å². The monoisotopic (exact) mass is 343 g/mol. The van der Waals surface area contributed by atoms with E-state index in [1.165, 1.54) is 17.7 Å². The molecule has 1 unspecified atom stereocenters. The van der Waals surface area contributed by atoms with E-state index in [-0.39, 0.29) is 11.9 Å². The fraction of sp³-hybridized carbons (Fsp3) is 0.421. The molecule has 1 atom stereocenters. The summed E-state index contributed by atoms with van der Waals surface area (Å²) in [6, 6.07) is 12.3. The number of carbonyl (C=O) groups excluding carboxylic acids is 1. The summed E-state index contributed by atoms with van der Waals surface area (Å²) in [5, 5.41) is 5.24. The van der Waals surface area contributed by atoms with Crippen molar-refractivity contribution in [1.29, 1.82) is 0 Å². The molecular weight excluding hydrogens is 318 g/mol. The molecule has 0 saturated carbocycles. The van der Waals surface area contributed by atoms with Crippen LogP contribution in [0.5, 0.6) is 0 Å². The van der Waals surface area contributed by atoms with E-state index in [0.717, 1.165) is 18.8 Å². The molecule has 0 spiro atoms. The van der Waals surface area contributed by atoms with Gasteiger partial charge in [-0.25, -0.2) is 0 Å². The van der Waals surface area contributed by atoms with Crippen molar-refractivity contribution in [3.63, 3.8) is 0 Å². The summed E-state index contributed by atoms with van der Waals surface area (Å²) in [6.07, 6.45) is 2.50. The van der Waals surface area contributed by atoms with Gasteiger partial charge in [0.05, 0.1) is 6.04 Å². The van der Waals surface area contributed by atoms with Crippen LogP contribution >= 0.6 is 11.3 Å². The predicted molar refractivity (Wildman–Crippen MR) is 101 cm³/mol. The van der Waals surface area contributed by atoms with Gasteiger partial charge >= 0.3 is 0 Å². The maximum atomic E-state index is 12.5. The molecule has 1 N–H and O–H groups in total. The van der Waals surface area contributed by atoms with Gasteiger partial charge in [0, 0.05) is 36.8 Å². The topological polar surface area (TPSA) is 35.6 Å². The van der Waals surface area contributed by atoms with Crippen LogP contribution in [0.15, 0.2) is 41.8 Å². The van der Waals surface area contributed by atoms with Gasteiger partial charge in [-0.2, -0.15) is 0 Å². The third-order valence-corrected chi connectivity index (χ3v) is 5.53. The van der Waals surface area contributed by atoms with Crippen LogP contribution in [0, 0.1) is 0 Å². The van der Waals surface area contributed by atoms with E-state index in [9.17, 15) is 4.79 Å². The maximum Gasteiger partial charge on any atom is 0.251 e. The van der Waals surface area contributed by atoms with Crippen LogP contribution in [0.2, 0.25) is 0 Å². The minimum Gasteiger partial charge on any atom is -0.378 e. The number of benzene rings is 1. The zero-order valence-corrected chi connectivity index (χ0v) is 15.2. The number of amides is 1. The molecular formula is C19H25N3OS. The molecule has 4 nitrogen and oxygen atoms in total. The second-order valence-electron chi connectivity index (χ2n) is 6.43. The van der Waals surface area contributed by atoms with Crippen molar-refractivity contribution in [2.75, 3.05) is 38.6 Å². The number of carbonyl (C=O) groups is 1. The van der Waals surface area contributed by atoms with Gasteiger partial charge in [0.15, 0.2) is 0 Å². The molecule has 1 aliphatic rings. The molecule has 128 valence electrons. The fourth-order valence-electron chi connectivity index (χ4n) is 3.15. The minimum atomic E-state index is 0.000981. The number of nitrogens with one attached hydrogen (secondary N) is 1. The number of hydrogen-bond donors (Lipinski definition) is 1. The molecule has 0 aliphatic carbocycles. The summed E-state index contributed by atoms with van der Waals surface area (Å²) < 4.78 is 0. The summed E-state index contributed by atoms with van der Waals surface area (Å²) in [7, 11) is 3.99. The van der Waals surface area contributed by atoms with Crippen LogP contribution in [0.25, 0.3) is 0 Å². The lowest BCUT2D eigenvalue weighted by Crippen LogP contribution is -2.36. The van der Waals surface area contributed by atoms with Crippen LogP contribution in [0.3, 0.4) is 0 Å². The lowest BCUT2D eigenvalue weighted by molar-refractivity contribution is 0.0938. The largest absolute Gasteiger partial charge is 0.378 e. The van der Waals surface area contributed by atoms with Crippen LogP contribution < -0.4 is 10.2 Å². The van der Waals surface area contributed by atoms with Gasteiger partial charge in [-0.3, -0.25) is 9.69 Å². The van der Waals surface area contributed by atoms with Gasteiger partial charge in [-0.15, -0.1) is 11.3 Å².